The fourth-order valence-corrected chi connectivity index (χ4v) is 2.64. The Morgan fingerprint density at radius 2 is 1.65 bits per heavy atom. The zero-order chi connectivity index (χ0) is 17.8. The number of benzene rings is 3. The van der Waals surface area contributed by atoms with Crippen LogP contribution >= 0.6 is 11.6 Å². The highest BCUT2D eigenvalue weighted by Gasteiger charge is 2.11. The van der Waals surface area contributed by atoms with E-state index in [4.69, 9.17) is 20.9 Å². The molecule has 0 aliphatic carbocycles. The third-order valence-corrected chi connectivity index (χ3v) is 4.11. The molecule has 128 valence electrons. The van der Waals surface area contributed by atoms with Crippen LogP contribution in [0.1, 0.15) is 5.56 Å². The molecule has 0 fully saturated rings. The van der Waals surface area contributed by atoms with Gasteiger partial charge in [-0.05, 0) is 42.0 Å². The maximum atomic E-state index is 5.91. The van der Waals surface area contributed by atoms with Crippen molar-refractivity contribution in [3.8, 4) is 28.6 Å². The molecule has 0 saturated heterocycles. The molecular weight excluding hydrogens is 348 g/mol. The van der Waals surface area contributed by atoms with Gasteiger partial charge in [0.25, 0.3) is 5.89 Å². The molecule has 3 aromatic carbocycles. The molecule has 0 unspecified atom stereocenters. The predicted octanol–water partition coefficient (Wildman–Crippen LogP) is 5.64. The first-order valence-electron chi connectivity index (χ1n) is 8.15. The minimum Gasteiger partial charge on any atom is -0.489 e. The molecule has 26 heavy (non-hydrogen) atoms. The highest BCUT2D eigenvalue weighted by Crippen LogP contribution is 2.26. The maximum Gasteiger partial charge on any atom is 0.258 e. The highest BCUT2D eigenvalue weighted by atomic mass is 35.5. The van der Waals surface area contributed by atoms with Gasteiger partial charge in [0.15, 0.2) is 0 Å². The van der Waals surface area contributed by atoms with E-state index in [-0.39, 0.29) is 0 Å². The Labute approximate surface area is 156 Å². The zero-order valence-corrected chi connectivity index (χ0v) is 14.6. The lowest BCUT2D eigenvalue weighted by Crippen LogP contribution is -1.95. The van der Waals surface area contributed by atoms with Crippen molar-refractivity contribution in [2.75, 3.05) is 0 Å². The van der Waals surface area contributed by atoms with E-state index in [1.165, 1.54) is 0 Å². The number of ether oxygens (including phenoxy) is 1. The first-order chi connectivity index (χ1) is 12.8. The van der Waals surface area contributed by atoms with Gasteiger partial charge in [-0.1, -0.05) is 59.2 Å². The summed E-state index contributed by atoms with van der Waals surface area (Å²) in [4.78, 5) is 4.46. The second kappa shape index (κ2) is 7.42. The maximum absolute atomic E-state index is 5.91. The van der Waals surface area contributed by atoms with E-state index in [0.717, 1.165) is 22.4 Å². The van der Waals surface area contributed by atoms with Crippen molar-refractivity contribution in [2.45, 2.75) is 6.61 Å². The molecule has 0 aliphatic heterocycles. The summed E-state index contributed by atoms with van der Waals surface area (Å²) in [6, 6.07) is 24.9. The standard InChI is InChI=1S/C21H15ClN2O2/c22-18-11-9-16(10-12-18)21-23-20(24-26-21)17-7-4-8-19(13-17)25-14-15-5-2-1-3-6-15/h1-13H,14H2. The number of rotatable bonds is 5. The number of hydrogen-bond donors (Lipinski definition) is 0. The summed E-state index contributed by atoms with van der Waals surface area (Å²) in [6.07, 6.45) is 0. The fourth-order valence-electron chi connectivity index (χ4n) is 2.52. The summed E-state index contributed by atoms with van der Waals surface area (Å²) in [5, 5.41) is 4.73. The van der Waals surface area contributed by atoms with Crippen molar-refractivity contribution in [1.29, 1.82) is 0 Å². The van der Waals surface area contributed by atoms with Crippen molar-refractivity contribution in [2.24, 2.45) is 0 Å². The zero-order valence-electron chi connectivity index (χ0n) is 13.8. The largest absolute Gasteiger partial charge is 0.489 e. The quantitative estimate of drug-likeness (QED) is 0.461. The molecule has 0 amide bonds. The van der Waals surface area contributed by atoms with Gasteiger partial charge in [-0.15, -0.1) is 0 Å². The first-order valence-corrected chi connectivity index (χ1v) is 8.52. The van der Waals surface area contributed by atoms with Gasteiger partial charge in [-0.3, -0.25) is 0 Å². The molecule has 0 saturated carbocycles. The molecule has 0 aliphatic rings. The topological polar surface area (TPSA) is 48.2 Å². The molecule has 0 N–H and O–H groups in total. The van der Waals surface area contributed by atoms with E-state index in [0.29, 0.717) is 23.3 Å². The Morgan fingerprint density at radius 1 is 0.846 bits per heavy atom. The lowest BCUT2D eigenvalue weighted by atomic mass is 10.2. The van der Waals surface area contributed by atoms with E-state index < -0.39 is 0 Å². The van der Waals surface area contributed by atoms with Gasteiger partial charge in [0.2, 0.25) is 5.82 Å². The van der Waals surface area contributed by atoms with Crippen molar-refractivity contribution in [3.05, 3.63) is 89.4 Å². The van der Waals surface area contributed by atoms with Gasteiger partial charge in [-0.25, -0.2) is 0 Å². The van der Waals surface area contributed by atoms with E-state index in [2.05, 4.69) is 10.1 Å². The van der Waals surface area contributed by atoms with Gasteiger partial charge < -0.3 is 9.26 Å². The molecule has 0 atom stereocenters. The van der Waals surface area contributed by atoms with Crippen LogP contribution in [-0.4, -0.2) is 10.1 Å². The van der Waals surface area contributed by atoms with Crippen LogP contribution in [0.25, 0.3) is 22.8 Å². The third-order valence-electron chi connectivity index (χ3n) is 3.86. The summed E-state index contributed by atoms with van der Waals surface area (Å²) in [7, 11) is 0. The molecular formula is C21H15ClN2O2. The average molecular weight is 363 g/mol. The summed E-state index contributed by atoms with van der Waals surface area (Å²) in [5.41, 5.74) is 2.77. The van der Waals surface area contributed by atoms with Crippen LogP contribution in [0.5, 0.6) is 5.75 Å². The summed E-state index contributed by atoms with van der Waals surface area (Å²) in [5.74, 6) is 1.72. The molecule has 1 heterocycles. The molecule has 1 aromatic heterocycles. The summed E-state index contributed by atoms with van der Waals surface area (Å²) < 4.78 is 11.2. The Balaban J connectivity index is 1.52. The van der Waals surface area contributed by atoms with Gasteiger partial charge in [0.05, 0.1) is 0 Å². The van der Waals surface area contributed by atoms with E-state index >= 15 is 0 Å². The van der Waals surface area contributed by atoms with Gasteiger partial charge in [0, 0.05) is 16.1 Å². The molecule has 4 rings (SSSR count). The average Bonchev–Trinajstić information content (AvgIpc) is 3.18. The minimum absolute atomic E-state index is 0.451. The van der Waals surface area contributed by atoms with Crippen LogP contribution in [0, 0.1) is 0 Å². The fraction of sp³-hybridized carbons (Fsp3) is 0.0476. The normalized spacial score (nSPS) is 10.7. The lowest BCUT2D eigenvalue weighted by Gasteiger charge is -2.06. The first kappa shape index (κ1) is 16.4. The lowest BCUT2D eigenvalue weighted by molar-refractivity contribution is 0.306. The molecule has 4 aromatic rings. The molecule has 4 nitrogen and oxygen atoms in total. The monoisotopic (exact) mass is 362 g/mol. The molecule has 5 heteroatoms. The summed E-state index contributed by atoms with van der Waals surface area (Å²) >= 11 is 5.91. The minimum atomic E-state index is 0.451. The van der Waals surface area contributed by atoms with Crippen LogP contribution in [-0.2, 0) is 6.61 Å². The smallest absolute Gasteiger partial charge is 0.258 e. The van der Waals surface area contributed by atoms with E-state index in [1.807, 2.05) is 66.7 Å². The van der Waals surface area contributed by atoms with Crippen LogP contribution < -0.4 is 4.74 Å². The highest BCUT2D eigenvalue weighted by molar-refractivity contribution is 6.30. The second-order valence-electron chi connectivity index (χ2n) is 5.73. The van der Waals surface area contributed by atoms with E-state index in [9.17, 15) is 0 Å². The number of hydrogen-bond acceptors (Lipinski definition) is 4. The van der Waals surface area contributed by atoms with Gasteiger partial charge in [-0.2, -0.15) is 4.98 Å². The number of halogens is 1. The van der Waals surface area contributed by atoms with Crippen molar-refractivity contribution < 1.29 is 9.26 Å². The molecule has 0 bridgehead atoms. The van der Waals surface area contributed by atoms with Gasteiger partial charge >= 0.3 is 0 Å². The number of nitrogens with zero attached hydrogens (tertiary/aromatic N) is 2. The Hall–Kier alpha value is -3.11. The van der Waals surface area contributed by atoms with Gasteiger partial charge in [0.1, 0.15) is 12.4 Å². The van der Waals surface area contributed by atoms with Crippen LogP contribution in [0.2, 0.25) is 5.02 Å². The van der Waals surface area contributed by atoms with E-state index in [1.54, 1.807) is 12.1 Å². The Kier molecular flexibility index (Phi) is 4.67. The van der Waals surface area contributed by atoms with Crippen LogP contribution in [0.15, 0.2) is 83.4 Å². The number of aromatic nitrogens is 2. The second-order valence-corrected chi connectivity index (χ2v) is 6.17. The van der Waals surface area contributed by atoms with Crippen molar-refractivity contribution in [1.82, 2.24) is 10.1 Å². The molecule has 0 spiro atoms. The Bertz CT molecular complexity index is 998. The Morgan fingerprint density at radius 3 is 2.46 bits per heavy atom. The SMILES string of the molecule is Clc1ccc(-c2nc(-c3cccc(OCc4ccccc4)c3)no2)cc1. The van der Waals surface area contributed by atoms with Crippen LogP contribution in [0.4, 0.5) is 0 Å². The predicted molar refractivity (Wildman–Crippen MR) is 101 cm³/mol. The molecule has 0 radical (unpaired) electrons. The van der Waals surface area contributed by atoms with Crippen LogP contribution in [0.3, 0.4) is 0 Å². The third kappa shape index (κ3) is 3.76. The van der Waals surface area contributed by atoms with Crippen molar-refractivity contribution in [3.63, 3.8) is 0 Å². The summed E-state index contributed by atoms with van der Waals surface area (Å²) in [6.45, 7) is 0.507. The van der Waals surface area contributed by atoms with Crippen molar-refractivity contribution >= 4 is 11.6 Å².